The number of methoxy groups -OCH3 is 1. The smallest absolute Gasteiger partial charge is 0.307 e. The average Bonchev–Trinajstić information content (AvgIpc) is 3.39. The minimum atomic E-state index is -0.768. The Labute approximate surface area is 180 Å². The zero-order valence-electron chi connectivity index (χ0n) is 16.2. The molecule has 7 nitrogen and oxygen atoms in total. The standard InChI is InChI=1S/C21H17N3O4S2/c1-13-3-5-14(6-4-13)17-11-29-21(22-17)30-12-18(25)19-20(26)28-23-24(19)15-7-9-16(27-2)10-8-15/h3-11H,12H2,1-2H3. The molecule has 4 aromatic rings. The fourth-order valence-electron chi connectivity index (χ4n) is 2.76. The number of nitrogens with zero attached hydrogens (tertiary/aromatic N) is 3. The Morgan fingerprint density at radius 3 is 2.63 bits per heavy atom. The van der Waals surface area contributed by atoms with Crippen LogP contribution in [0.4, 0.5) is 0 Å². The number of hydrogen-bond acceptors (Lipinski definition) is 8. The summed E-state index contributed by atoms with van der Waals surface area (Å²) in [5, 5.41) is 17.8. The minimum Gasteiger partial charge on any atom is -0.539 e. The van der Waals surface area contributed by atoms with E-state index in [2.05, 4.69) is 10.3 Å². The lowest BCUT2D eigenvalue weighted by atomic mass is 10.1. The SMILES string of the molecule is COc1ccc(-[n+]2noc([O-])c2C(=O)CSc2nc(-c3ccc(C)cc3)cs2)cc1. The maximum absolute atomic E-state index is 12.7. The van der Waals surface area contributed by atoms with Gasteiger partial charge in [-0.2, -0.15) is 0 Å². The number of carbonyl (C=O) groups excluding carboxylic acids is 1. The van der Waals surface area contributed by atoms with E-state index in [0.29, 0.717) is 11.4 Å². The van der Waals surface area contributed by atoms with E-state index in [1.165, 1.54) is 33.3 Å². The Hall–Kier alpha value is -3.17. The largest absolute Gasteiger partial charge is 0.539 e. The minimum absolute atomic E-state index is 0.0491. The Morgan fingerprint density at radius 2 is 1.93 bits per heavy atom. The highest BCUT2D eigenvalue weighted by molar-refractivity contribution is 8.01. The van der Waals surface area contributed by atoms with Gasteiger partial charge < -0.3 is 14.4 Å². The molecular weight excluding hydrogens is 422 g/mol. The quantitative estimate of drug-likeness (QED) is 0.247. The van der Waals surface area contributed by atoms with Gasteiger partial charge >= 0.3 is 5.69 Å². The summed E-state index contributed by atoms with van der Waals surface area (Å²) in [6, 6.07) is 14.9. The highest BCUT2D eigenvalue weighted by Gasteiger charge is 2.27. The van der Waals surface area contributed by atoms with E-state index < -0.39 is 5.95 Å². The molecule has 152 valence electrons. The van der Waals surface area contributed by atoms with Gasteiger partial charge in [0.1, 0.15) is 5.75 Å². The molecule has 0 N–H and O–H groups in total. The number of aromatic nitrogens is 3. The van der Waals surface area contributed by atoms with Crippen molar-refractivity contribution in [2.45, 2.75) is 11.3 Å². The van der Waals surface area contributed by atoms with Gasteiger partial charge in [-0.3, -0.25) is 4.79 Å². The van der Waals surface area contributed by atoms with Crippen molar-refractivity contribution in [2.75, 3.05) is 12.9 Å². The van der Waals surface area contributed by atoms with Gasteiger partial charge in [0.25, 0.3) is 0 Å². The number of thioether (sulfide) groups is 1. The molecule has 0 saturated carbocycles. The first-order chi connectivity index (χ1) is 14.5. The summed E-state index contributed by atoms with van der Waals surface area (Å²) in [5.41, 5.74) is 3.47. The normalized spacial score (nSPS) is 10.9. The van der Waals surface area contributed by atoms with Crippen molar-refractivity contribution in [3.05, 3.63) is 65.2 Å². The van der Waals surface area contributed by atoms with Gasteiger partial charge in [0, 0.05) is 23.1 Å². The number of aryl methyl sites for hydroxylation is 1. The van der Waals surface area contributed by atoms with Gasteiger partial charge in [-0.05, 0) is 23.7 Å². The molecule has 2 heterocycles. The fourth-order valence-corrected chi connectivity index (χ4v) is 4.46. The molecule has 0 saturated heterocycles. The Kier molecular flexibility index (Phi) is 5.82. The summed E-state index contributed by atoms with van der Waals surface area (Å²) in [4.78, 5) is 17.3. The molecule has 0 amide bonds. The molecule has 30 heavy (non-hydrogen) atoms. The number of rotatable bonds is 7. The van der Waals surface area contributed by atoms with Gasteiger partial charge in [0.15, 0.2) is 10.3 Å². The molecule has 2 aromatic heterocycles. The molecule has 0 fully saturated rings. The molecule has 0 aliphatic carbocycles. The monoisotopic (exact) mass is 439 g/mol. The second-order valence-corrected chi connectivity index (χ2v) is 8.48. The van der Waals surface area contributed by atoms with E-state index in [9.17, 15) is 9.90 Å². The van der Waals surface area contributed by atoms with E-state index in [1.54, 1.807) is 31.4 Å². The van der Waals surface area contributed by atoms with Crippen molar-refractivity contribution < 1.29 is 23.8 Å². The second kappa shape index (κ2) is 8.68. The first kappa shape index (κ1) is 20.1. The van der Waals surface area contributed by atoms with Gasteiger partial charge in [0.05, 0.1) is 23.8 Å². The van der Waals surface area contributed by atoms with Gasteiger partial charge in [0.2, 0.25) is 11.5 Å². The van der Waals surface area contributed by atoms with Crippen LogP contribution in [0.15, 0.2) is 62.8 Å². The maximum atomic E-state index is 12.7. The lowest BCUT2D eigenvalue weighted by Crippen LogP contribution is -2.39. The average molecular weight is 440 g/mol. The van der Waals surface area contributed by atoms with Crippen molar-refractivity contribution in [1.29, 1.82) is 0 Å². The van der Waals surface area contributed by atoms with Crippen molar-refractivity contribution >= 4 is 28.9 Å². The van der Waals surface area contributed by atoms with E-state index in [1.807, 2.05) is 36.6 Å². The van der Waals surface area contributed by atoms with Crippen molar-refractivity contribution in [3.63, 3.8) is 0 Å². The predicted molar refractivity (Wildman–Crippen MR) is 111 cm³/mol. The van der Waals surface area contributed by atoms with Gasteiger partial charge in [-0.1, -0.05) is 41.6 Å². The first-order valence-corrected chi connectivity index (χ1v) is 10.8. The number of thiazole rings is 1. The van der Waals surface area contributed by atoms with E-state index in [0.717, 1.165) is 15.6 Å². The topological polar surface area (TPSA) is 92.2 Å². The van der Waals surface area contributed by atoms with Crippen molar-refractivity contribution in [1.82, 2.24) is 10.3 Å². The van der Waals surface area contributed by atoms with Crippen LogP contribution in [0.25, 0.3) is 16.9 Å². The van der Waals surface area contributed by atoms with Crippen LogP contribution in [-0.2, 0) is 0 Å². The molecule has 4 rings (SSSR count). The molecule has 0 bridgehead atoms. The van der Waals surface area contributed by atoms with E-state index in [4.69, 9.17) is 9.26 Å². The molecule has 0 radical (unpaired) electrons. The number of ketones is 1. The highest BCUT2D eigenvalue weighted by atomic mass is 32.2. The van der Waals surface area contributed by atoms with E-state index in [-0.39, 0.29) is 17.2 Å². The Morgan fingerprint density at radius 1 is 1.20 bits per heavy atom. The van der Waals surface area contributed by atoms with Crippen LogP contribution >= 0.6 is 23.1 Å². The summed E-state index contributed by atoms with van der Waals surface area (Å²) in [6.45, 7) is 2.03. The van der Waals surface area contributed by atoms with Crippen LogP contribution in [0.2, 0.25) is 0 Å². The summed E-state index contributed by atoms with van der Waals surface area (Å²) < 4.78 is 11.8. The molecule has 0 spiro atoms. The van der Waals surface area contributed by atoms with Crippen LogP contribution in [0, 0.1) is 6.92 Å². The first-order valence-electron chi connectivity index (χ1n) is 8.97. The third kappa shape index (κ3) is 4.22. The molecule has 0 unspecified atom stereocenters. The lowest BCUT2D eigenvalue weighted by Gasteiger charge is -2.00. The van der Waals surface area contributed by atoms with Gasteiger partial charge in [-0.25, -0.2) is 4.98 Å². The highest BCUT2D eigenvalue weighted by Crippen LogP contribution is 2.29. The lowest BCUT2D eigenvalue weighted by molar-refractivity contribution is -0.672. The van der Waals surface area contributed by atoms with Crippen LogP contribution in [0.1, 0.15) is 16.1 Å². The van der Waals surface area contributed by atoms with Crippen molar-refractivity contribution in [2.24, 2.45) is 0 Å². The summed E-state index contributed by atoms with van der Waals surface area (Å²) >= 11 is 2.74. The Bertz CT molecular complexity index is 1170. The number of hydrogen-bond donors (Lipinski definition) is 0. The molecule has 9 heteroatoms. The van der Waals surface area contributed by atoms with Crippen LogP contribution in [0.5, 0.6) is 11.7 Å². The van der Waals surface area contributed by atoms with Crippen LogP contribution in [0.3, 0.4) is 0 Å². The fraction of sp³-hybridized carbons (Fsp3) is 0.143. The number of benzene rings is 2. The number of carbonyl (C=O) groups is 1. The summed E-state index contributed by atoms with van der Waals surface area (Å²) in [7, 11) is 1.56. The van der Waals surface area contributed by atoms with E-state index >= 15 is 0 Å². The predicted octanol–water partition coefficient (Wildman–Crippen LogP) is 3.44. The molecular formula is C21H17N3O4S2. The molecule has 0 aliphatic rings. The summed E-state index contributed by atoms with van der Waals surface area (Å²) in [6.07, 6.45) is 0. The van der Waals surface area contributed by atoms with Crippen LogP contribution in [-0.4, -0.2) is 28.9 Å². The van der Waals surface area contributed by atoms with Crippen molar-refractivity contribution in [3.8, 4) is 28.6 Å². The molecule has 2 aromatic carbocycles. The Balaban J connectivity index is 1.48. The second-order valence-electron chi connectivity index (χ2n) is 6.40. The zero-order valence-corrected chi connectivity index (χ0v) is 17.8. The summed E-state index contributed by atoms with van der Waals surface area (Å²) in [5.74, 6) is -0.445. The number of ether oxygens (including phenoxy) is 1. The third-order valence-electron chi connectivity index (χ3n) is 4.35. The zero-order chi connectivity index (χ0) is 21.1. The third-order valence-corrected chi connectivity index (χ3v) is 6.37. The molecule has 0 atom stereocenters. The maximum Gasteiger partial charge on any atom is 0.307 e. The molecule has 0 aliphatic heterocycles. The van der Waals surface area contributed by atoms with Gasteiger partial charge in [-0.15, -0.1) is 11.3 Å². The van der Waals surface area contributed by atoms with Crippen LogP contribution < -0.4 is 14.5 Å². The number of Topliss-reactive ketones (excluding diaryl/α,β-unsaturated/α-hetero) is 1.